The van der Waals surface area contributed by atoms with E-state index >= 15 is 0 Å². The SMILES string of the molecule is Cc1ccc(C(=O)O)c2cc(O)sc12. The zero-order valence-electron chi connectivity index (χ0n) is 7.44. The third-order valence-electron chi connectivity index (χ3n) is 2.10. The van der Waals surface area contributed by atoms with E-state index in [-0.39, 0.29) is 10.6 Å². The van der Waals surface area contributed by atoms with E-state index in [0.717, 1.165) is 10.3 Å². The van der Waals surface area contributed by atoms with E-state index in [1.54, 1.807) is 12.1 Å². The molecule has 0 amide bonds. The van der Waals surface area contributed by atoms with E-state index in [0.29, 0.717) is 5.39 Å². The zero-order valence-corrected chi connectivity index (χ0v) is 8.26. The van der Waals surface area contributed by atoms with Crippen molar-refractivity contribution < 1.29 is 15.0 Å². The quantitative estimate of drug-likeness (QED) is 0.757. The molecule has 1 heterocycles. The van der Waals surface area contributed by atoms with Gasteiger partial charge >= 0.3 is 5.97 Å². The zero-order chi connectivity index (χ0) is 10.3. The Kier molecular flexibility index (Phi) is 1.93. The Morgan fingerprint density at radius 3 is 2.79 bits per heavy atom. The van der Waals surface area contributed by atoms with Crippen molar-refractivity contribution in [2.75, 3.05) is 0 Å². The highest BCUT2D eigenvalue weighted by atomic mass is 32.1. The van der Waals surface area contributed by atoms with Crippen molar-refractivity contribution >= 4 is 27.4 Å². The fraction of sp³-hybridized carbons (Fsp3) is 0.100. The van der Waals surface area contributed by atoms with Crippen molar-refractivity contribution in [3.8, 4) is 5.06 Å². The molecule has 0 saturated carbocycles. The summed E-state index contributed by atoms with van der Waals surface area (Å²) in [4.78, 5) is 10.9. The number of fused-ring (bicyclic) bond motifs is 1. The van der Waals surface area contributed by atoms with Crippen molar-refractivity contribution in [2.24, 2.45) is 0 Å². The van der Waals surface area contributed by atoms with Gasteiger partial charge in [-0.2, -0.15) is 0 Å². The molecule has 0 radical (unpaired) electrons. The summed E-state index contributed by atoms with van der Waals surface area (Å²) in [6.07, 6.45) is 0. The minimum absolute atomic E-state index is 0.150. The smallest absolute Gasteiger partial charge is 0.336 e. The molecule has 1 aromatic carbocycles. The van der Waals surface area contributed by atoms with Gasteiger partial charge in [0.1, 0.15) is 0 Å². The molecule has 2 aromatic rings. The van der Waals surface area contributed by atoms with Crippen LogP contribution in [0.1, 0.15) is 15.9 Å². The maximum absolute atomic E-state index is 10.9. The van der Waals surface area contributed by atoms with E-state index in [1.807, 2.05) is 6.92 Å². The van der Waals surface area contributed by atoms with Gasteiger partial charge in [0.05, 0.1) is 5.56 Å². The minimum Gasteiger partial charge on any atom is -0.499 e. The Balaban J connectivity index is 2.87. The first kappa shape index (κ1) is 9.02. The van der Waals surface area contributed by atoms with Crippen molar-refractivity contribution in [1.82, 2.24) is 0 Å². The number of hydrogen-bond donors (Lipinski definition) is 2. The van der Waals surface area contributed by atoms with Crippen molar-refractivity contribution in [2.45, 2.75) is 6.92 Å². The fourth-order valence-electron chi connectivity index (χ4n) is 1.43. The Hall–Kier alpha value is -1.55. The molecular formula is C10H8O3S. The number of aryl methyl sites for hydroxylation is 1. The third kappa shape index (κ3) is 1.24. The monoisotopic (exact) mass is 208 g/mol. The lowest BCUT2D eigenvalue weighted by atomic mass is 10.1. The van der Waals surface area contributed by atoms with E-state index < -0.39 is 5.97 Å². The maximum atomic E-state index is 10.9. The maximum Gasteiger partial charge on any atom is 0.336 e. The molecule has 0 fully saturated rings. The Morgan fingerprint density at radius 2 is 2.14 bits per heavy atom. The molecule has 2 N–H and O–H groups in total. The summed E-state index contributed by atoms with van der Waals surface area (Å²) in [5.74, 6) is -0.965. The Labute approximate surface area is 84.2 Å². The first-order chi connectivity index (χ1) is 6.59. The predicted octanol–water partition coefficient (Wildman–Crippen LogP) is 2.61. The molecule has 0 atom stereocenters. The topological polar surface area (TPSA) is 57.5 Å². The van der Waals surface area contributed by atoms with Gasteiger partial charge in [-0.05, 0) is 18.6 Å². The van der Waals surface area contributed by atoms with Crippen LogP contribution in [0.2, 0.25) is 0 Å². The number of carboxylic acids is 1. The summed E-state index contributed by atoms with van der Waals surface area (Å²) in [6, 6.07) is 4.81. The van der Waals surface area contributed by atoms with Crippen LogP contribution in [0.5, 0.6) is 5.06 Å². The van der Waals surface area contributed by atoms with Gasteiger partial charge < -0.3 is 10.2 Å². The molecule has 0 aliphatic carbocycles. The van der Waals surface area contributed by atoms with Gasteiger partial charge in [0, 0.05) is 16.2 Å². The normalized spacial score (nSPS) is 10.6. The van der Waals surface area contributed by atoms with E-state index in [9.17, 15) is 9.90 Å². The van der Waals surface area contributed by atoms with E-state index in [1.165, 1.54) is 17.4 Å². The molecule has 0 saturated heterocycles. The molecule has 0 unspecified atom stereocenters. The summed E-state index contributed by atoms with van der Waals surface area (Å²) >= 11 is 1.20. The Morgan fingerprint density at radius 1 is 1.43 bits per heavy atom. The van der Waals surface area contributed by atoms with Crippen LogP contribution >= 0.6 is 11.3 Å². The van der Waals surface area contributed by atoms with Gasteiger partial charge in [0.15, 0.2) is 5.06 Å². The number of thiophene rings is 1. The molecule has 4 heteroatoms. The van der Waals surface area contributed by atoms with Crippen LogP contribution in [0, 0.1) is 6.92 Å². The average Bonchev–Trinajstić information content (AvgIpc) is 2.47. The van der Waals surface area contributed by atoms with Crippen LogP contribution in [0.3, 0.4) is 0 Å². The summed E-state index contributed by atoms with van der Waals surface area (Å²) in [5.41, 5.74) is 1.22. The van der Waals surface area contributed by atoms with Gasteiger partial charge in [-0.3, -0.25) is 0 Å². The lowest BCUT2D eigenvalue weighted by molar-refractivity contribution is 0.0699. The number of hydrogen-bond acceptors (Lipinski definition) is 3. The molecular weight excluding hydrogens is 200 g/mol. The molecule has 14 heavy (non-hydrogen) atoms. The molecule has 0 aliphatic rings. The summed E-state index contributed by atoms with van der Waals surface area (Å²) in [5, 5.41) is 19.0. The largest absolute Gasteiger partial charge is 0.499 e. The molecule has 3 nitrogen and oxygen atoms in total. The highest BCUT2D eigenvalue weighted by Crippen LogP contribution is 2.34. The van der Waals surface area contributed by atoms with Gasteiger partial charge in [0.25, 0.3) is 0 Å². The standard InChI is InChI=1S/C10H8O3S/c1-5-2-3-6(10(12)13)7-4-8(11)14-9(5)7/h2-4,11H,1H3,(H,12,13). The summed E-state index contributed by atoms with van der Waals surface area (Å²) in [6.45, 7) is 1.89. The second-order valence-corrected chi connectivity index (χ2v) is 4.09. The highest BCUT2D eigenvalue weighted by Gasteiger charge is 2.12. The second-order valence-electron chi connectivity index (χ2n) is 3.06. The van der Waals surface area contributed by atoms with Crippen LogP contribution in [0.25, 0.3) is 10.1 Å². The van der Waals surface area contributed by atoms with Gasteiger partial charge in [-0.15, -0.1) is 0 Å². The number of rotatable bonds is 1. The van der Waals surface area contributed by atoms with Crippen LogP contribution in [0.4, 0.5) is 0 Å². The highest BCUT2D eigenvalue weighted by molar-refractivity contribution is 7.20. The second kappa shape index (κ2) is 2.99. The van der Waals surface area contributed by atoms with Crippen LogP contribution < -0.4 is 0 Å². The van der Waals surface area contributed by atoms with Gasteiger partial charge in [-0.1, -0.05) is 17.4 Å². The van der Waals surface area contributed by atoms with E-state index in [2.05, 4.69) is 0 Å². The molecule has 72 valence electrons. The molecule has 1 aromatic heterocycles. The summed E-state index contributed by atoms with van der Waals surface area (Å²) in [7, 11) is 0. The van der Waals surface area contributed by atoms with Crippen LogP contribution in [0.15, 0.2) is 18.2 Å². The minimum atomic E-state index is -0.965. The van der Waals surface area contributed by atoms with Gasteiger partial charge in [-0.25, -0.2) is 4.79 Å². The Bertz CT molecular complexity index is 513. The first-order valence-corrected chi connectivity index (χ1v) is 4.86. The number of aromatic carboxylic acids is 1. The average molecular weight is 208 g/mol. The molecule has 0 bridgehead atoms. The number of carbonyl (C=O) groups is 1. The van der Waals surface area contributed by atoms with Crippen molar-refractivity contribution in [3.63, 3.8) is 0 Å². The molecule has 0 aliphatic heterocycles. The van der Waals surface area contributed by atoms with Gasteiger partial charge in [0.2, 0.25) is 0 Å². The van der Waals surface area contributed by atoms with Crippen LogP contribution in [-0.2, 0) is 0 Å². The van der Waals surface area contributed by atoms with E-state index in [4.69, 9.17) is 5.11 Å². The van der Waals surface area contributed by atoms with Crippen molar-refractivity contribution in [3.05, 3.63) is 29.3 Å². The lowest BCUT2D eigenvalue weighted by Crippen LogP contribution is -1.96. The summed E-state index contributed by atoms with van der Waals surface area (Å²) < 4.78 is 0.836. The fourth-order valence-corrected chi connectivity index (χ4v) is 2.33. The molecule has 2 rings (SSSR count). The number of carboxylic acid groups (broad SMARTS) is 1. The number of benzene rings is 1. The lowest BCUT2D eigenvalue weighted by Gasteiger charge is -1.98. The first-order valence-electron chi connectivity index (χ1n) is 4.05. The van der Waals surface area contributed by atoms with Crippen LogP contribution in [-0.4, -0.2) is 16.2 Å². The third-order valence-corrected chi connectivity index (χ3v) is 3.17. The predicted molar refractivity (Wildman–Crippen MR) is 55.2 cm³/mol. The van der Waals surface area contributed by atoms with Crippen molar-refractivity contribution in [1.29, 1.82) is 0 Å². The number of aromatic hydroxyl groups is 1. The molecule has 0 spiro atoms.